The van der Waals surface area contributed by atoms with Crippen molar-refractivity contribution in [2.75, 3.05) is 6.61 Å². The minimum Gasteiger partial charge on any atom is -0.452 e. The molecular weight excluding hydrogens is 384 g/mol. The number of benzene rings is 1. The van der Waals surface area contributed by atoms with Gasteiger partial charge in [0.1, 0.15) is 5.54 Å². The number of rotatable bonds is 7. The molecule has 1 fully saturated rings. The Labute approximate surface area is 157 Å². The van der Waals surface area contributed by atoms with Gasteiger partial charge >= 0.3 is 12.0 Å². The molecule has 1 aromatic carbocycles. The van der Waals surface area contributed by atoms with Gasteiger partial charge in [0, 0.05) is 4.90 Å². The smallest absolute Gasteiger partial charge is 0.344 e. The predicted molar refractivity (Wildman–Crippen MR) is 90.8 cm³/mol. The van der Waals surface area contributed by atoms with Crippen LogP contribution in [-0.2, 0) is 14.3 Å². The van der Waals surface area contributed by atoms with Gasteiger partial charge in [0.25, 0.3) is 17.6 Å². The van der Waals surface area contributed by atoms with Crippen molar-refractivity contribution in [3.63, 3.8) is 0 Å². The van der Waals surface area contributed by atoms with Crippen molar-refractivity contribution in [3.05, 3.63) is 29.8 Å². The third-order valence-corrected chi connectivity index (χ3v) is 4.65. The molecule has 0 saturated carbocycles. The molecular formula is C16H17F2N3O5S. The molecule has 0 aliphatic carbocycles. The number of hydrogen-bond acceptors (Lipinski definition) is 6. The first-order valence-corrected chi connectivity index (χ1v) is 8.73. The molecule has 0 radical (unpaired) electrons. The first-order valence-electron chi connectivity index (χ1n) is 7.85. The third-order valence-electron chi connectivity index (χ3n) is 3.86. The van der Waals surface area contributed by atoms with E-state index in [2.05, 4.69) is 10.7 Å². The summed E-state index contributed by atoms with van der Waals surface area (Å²) in [5.74, 6) is -5.28. The molecule has 1 unspecified atom stereocenters. The van der Waals surface area contributed by atoms with E-state index in [0.717, 1.165) is 0 Å². The summed E-state index contributed by atoms with van der Waals surface area (Å²) in [4.78, 5) is 47.9. The lowest BCUT2D eigenvalue weighted by molar-refractivity contribution is -0.139. The molecule has 27 heavy (non-hydrogen) atoms. The molecule has 146 valence electrons. The Morgan fingerprint density at radius 1 is 1.33 bits per heavy atom. The Hall–Kier alpha value is -2.69. The first kappa shape index (κ1) is 20.6. The van der Waals surface area contributed by atoms with Crippen molar-refractivity contribution in [3.8, 4) is 0 Å². The second-order valence-electron chi connectivity index (χ2n) is 5.74. The quantitative estimate of drug-likeness (QED) is 0.411. The van der Waals surface area contributed by atoms with Crippen LogP contribution in [0.1, 0.15) is 30.6 Å². The Kier molecular flexibility index (Phi) is 6.37. The van der Waals surface area contributed by atoms with E-state index in [0.29, 0.717) is 11.4 Å². The number of carbonyl (C=O) groups excluding carboxylic acids is 4. The van der Waals surface area contributed by atoms with Gasteiger partial charge in [-0.1, -0.05) is 30.8 Å². The number of amides is 4. The Morgan fingerprint density at radius 3 is 2.59 bits per heavy atom. The summed E-state index contributed by atoms with van der Waals surface area (Å²) in [6, 6.07) is 4.76. The van der Waals surface area contributed by atoms with Gasteiger partial charge < -0.3 is 10.1 Å². The van der Waals surface area contributed by atoms with E-state index in [4.69, 9.17) is 4.74 Å². The molecule has 11 heteroatoms. The van der Waals surface area contributed by atoms with E-state index in [-0.39, 0.29) is 22.2 Å². The minimum absolute atomic E-state index is 0.00530. The van der Waals surface area contributed by atoms with Crippen LogP contribution in [0.25, 0.3) is 0 Å². The van der Waals surface area contributed by atoms with Crippen LogP contribution in [0, 0.1) is 0 Å². The molecule has 1 atom stereocenters. The van der Waals surface area contributed by atoms with Gasteiger partial charge in [-0.25, -0.2) is 9.59 Å². The molecule has 2 rings (SSSR count). The van der Waals surface area contributed by atoms with Crippen molar-refractivity contribution < 1.29 is 32.7 Å². The van der Waals surface area contributed by atoms with Crippen LogP contribution in [0.4, 0.5) is 13.6 Å². The van der Waals surface area contributed by atoms with Crippen LogP contribution >= 0.6 is 11.8 Å². The zero-order valence-electron chi connectivity index (χ0n) is 14.5. The fourth-order valence-electron chi connectivity index (χ4n) is 2.23. The van der Waals surface area contributed by atoms with E-state index in [9.17, 15) is 28.0 Å². The molecule has 2 N–H and O–H groups in total. The van der Waals surface area contributed by atoms with E-state index in [1.54, 1.807) is 6.92 Å². The molecule has 4 amide bonds. The number of nitrogens with zero attached hydrogens (tertiary/aromatic N) is 1. The molecule has 1 aliphatic heterocycles. The normalized spacial score (nSPS) is 19.2. The number of hydrazine groups is 1. The van der Waals surface area contributed by atoms with Crippen LogP contribution in [0.2, 0.25) is 0 Å². The number of esters is 1. The Bertz CT molecular complexity index is 776. The number of imide groups is 1. The number of thioether (sulfide) groups is 1. The van der Waals surface area contributed by atoms with E-state index in [1.165, 1.54) is 31.2 Å². The van der Waals surface area contributed by atoms with Crippen LogP contribution in [0.15, 0.2) is 29.2 Å². The zero-order valence-corrected chi connectivity index (χ0v) is 15.3. The van der Waals surface area contributed by atoms with Crippen LogP contribution in [-0.4, -0.2) is 46.7 Å². The van der Waals surface area contributed by atoms with Crippen molar-refractivity contribution in [2.45, 2.75) is 36.5 Å². The summed E-state index contributed by atoms with van der Waals surface area (Å²) in [6.07, 6.45) is 0.317. The van der Waals surface area contributed by atoms with Crippen molar-refractivity contribution >= 4 is 35.6 Å². The van der Waals surface area contributed by atoms with E-state index >= 15 is 0 Å². The molecule has 1 heterocycles. The summed E-state index contributed by atoms with van der Waals surface area (Å²) in [5.41, 5.74) is 0.798. The highest BCUT2D eigenvalue weighted by Gasteiger charge is 2.47. The molecule has 0 spiro atoms. The van der Waals surface area contributed by atoms with Gasteiger partial charge in [0.05, 0.1) is 5.56 Å². The zero-order chi connectivity index (χ0) is 20.2. The van der Waals surface area contributed by atoms with Gasteiger partial charge in [-0.2, -0.15) is 13.8 Å². The molecule has 1 aliphatic rings. The van der Waals surface area contributed by atoms with E-state index < -0.39 is 41.7 Å². The molecule has 1 aromatic rings. The first-order chi connectivity index (χ1) is 12.7. The third kappa shape index (κ3) is 4.73. The Balaban J connectivity index is 1.96. The number of hydrogen-bond donors (Lipinski definition) is 2. The number of carbonyl (C=O) groups is 4. The highest BCUT2D eigenvalue weighted by atomic mass is 32.2. The maximum atomic E-state index is 12.5. The van der Waals surface area contributed by atoms with Crippen molar-refractivity contribution in [1.29, 1.82) is 0 Å². The molecule has 1 saturated heterocycles. The molecule has 8 nitrogen and oxygen atoms in total. The number of halogens is 2. The summed E-state index contributed by atoms with van der Waals surface area (Å²) < 4.78 is 29.9. The molecule has 0 bridgehead atoms. The maximum Gasteiger partial charge on any atom is 0.344 e. The van der Waals surface area contributed by atoms with Gasteiger partial charge in [0.2, 0.25) is 0 Å². The van der Waals surface area contributed by atoms with Gasteiger partial charge in [-0.05, 0) is 25.5 Å². The van der Waals surface area contributed by atoms with Crippen LogP contribution < -0.4 is 10.7 Å². The lowest BCUT2D eigenvalue weighted by Crippen LogP contribution is -2.49. The lowest BCUT2D eigenvalue weighted by atomic mass is 10.00. The molecule has 0 aromatic heterocycles. The Morgan fingerprint density at radius 2 is 2.00 bits per heavy atom. The summed E-state index contributed by atoms with van der Waals surface area (Å²) in [6.45, 7) is 2.41. The van der Waals surface area contributed by atoms with Gasteiger partial charge in [-0.3, -0.25) is 15.0 Å². The summed E-state index contributed by atoms with van der Waals surface area (Å²) in [5, 5.41) is 2.96. The minimum atomic E-state index is -2.73. The average Bonchev–Trinajstić information content (AvgIpc) is 2.83. The highest BCUT2D eigenvalue weighted by molar-refractivity contribution is 7.99. The predicted octanol–water partition coefficient (Wildman–Crippen LogP) is 1.91. The second kappa shape index (κ2) is 8.33. The average molecular weight is 401 g/mol. The SMILES string of the molecule is CCC1(C)NC(=O)N(NC(=O)COC(=O)c2ccccc2SC(F)F)C1=O. The number of ether oxygens (including phenoxy) is 1. The van der Waals surface area contributed by atoms with Crippen molar-refractivity contribution in [1.82, 2.24) is 15.8 Å². The van der Waals surface area contributed by atoms with Gasteiger partial charge in [0.15, 0.2) is 6.61 Å². The van der Waals surface area contributed by atoms with Gasteiger partial charge in [-0.15, -0.1) is 0 Å². The standard InChI is InChI=1S/C16H17F2N3O5S/c1-3-16(2)13(24)21(15(25)19-16)20-11(22)8-26-12(23)9-6-4-5-7-10(9)27-14(17)18/h4-7,14H,3,8H2,1-2H3,(H,19,25)(H,20,22). The largest absolute Gasteiger partial charge is 0.452 e. The second-order valence-corrected chi connectivity index (χ2v) is 6.77. The number of urea groups is 1. The van der Waals surface area contributed by atoms with Crippen molar-refractivity contribution in [2.24, 2.45) is 0 Å². The lowest BCUT2D eigenvalue weighted by Gasteiger charge is -2.19. The fraction of sp³-hybridized carbons (Fsp3) is 0.375. The number of alkyl halides is 2. The number of nitrogens with one attached hydrogen (secondary N) is 2. The van der Waals surface area contributed by atoms with E-state index in [1.807, 2.05) is 0 Å². The highest BCUT2D eigenvalue weighted by Crippen LogP contribution is 2.28. The topological polar surface area (TPSA) is 105 Å². The maximum absolute atomic E-state index is 12.5. The van der Waals surface area contributed by atoms with Crippen LogP contribution in [0.5, 0.6) is 0 Å². The monoisotopic (exact) mass is 401 g/mol. The van der Waals surface area contributed by atoms with Crippen LogP contribution in [0.3, 0.4) is 0 Å². The summed E-state index contributed by atoms with van der Waals surface area (Å²) >= 11 is 0.176. The summed E-state index contributed by atoms with van der Waals surface area (Å²) in [7, 11) is 0. The fourth-order valence-corrected chi connectivity index (χ4v) is 2.85.